The molecule has 182 valence electrons. The maximum Gasteiger partial charge on any atom is 0.151 e. The van der Waals surface area contributed by atoms with Crippen molar-refractivity contribution in [3.63, 3.8) is 0 Å². The Morgan fingerprint density at radius 1 is 0.943 bits per heavy atom. The minimum absolute atomic E-state index is 0.789. The molecule has 1 aliphatic heterocycles. The molecule has 1 fully saturated rings. The van der Waals surface area contributed by atoms with E-state index in [4.69, 9.17) is 16.1 Å². The first-order chi connectivity index (χ1) is 17.2. The number of piperazine rings is 1. The summed E-state index contributed by atoms with van der Waals surface area (Å²) in [5, 5.41) is 7.63. The van der Waals surface area contributed by atoms with Crippen LogP contribution >= 0.6 is 11.6 Å². The number of benzene rings is 3. The second kappa shape index (κ2) is 11.3. The van der Waals surface area contributed by atoms with Gasteiger partial charge in [0.1, 0.15) is 5.69 Å². The summed E-state index contributed by atoms with van der Waals surface area (Å²) in [4.78, 5) is 7.44. The number of fused-ring (bicyclic) bond motifs is 1. The van der Waals surface area contributed by atoms with Gasteiger partial charge in [-0.1, -0.05) is 72.2 Å². The van der Waals surface area contributed by atoms with E-state index in [9.17, 15) is 0 Å². The molecule has 0 aliphatic carbocycles. The minimum Gasteiger partial charge on any atom is -0.369 e. The van der Waals surface area contributed by atoms with Crippen LogP contribution in [-0.4, -0.2) is 60.8 Å². The molecule has 0 amide bonds. The maximum atomic E-state index is 6.17. The molecule has 2 heterocycles. The molecule has 5 rings (SSSR count). The summed E-state index contributed by atoms with van der Waals surface area (Å²) >= 11 is 6.17. The highest BCUT2D eigenvalue weighted by atomic mass is 35.5. The van der Waals surface area contributed by atoms with Gasteiger partial charge in [-0.05, 0) is 55.0 Å². The van der Waals surface area contributed by atoms with Gasteiger partial charge in [-0.2, -0.15) is 0 Å². The zero-order valence-corrected chi connectivity index (χ0v) is 21.1. The molecule has 0 atom stereocenters. The summed E-state index contributed by atoms with van der Waals surface area (Å²) in [6, 6.07) is 25.0. The van der Waals surface area contributed by atoms with Crippen LogP contribution in [0, 0.1) is 0 Å². The van der Waals surface area contributed by atoms with E-state index in [1.165, 1.54) is 16.5 Å². The molecule has 0 unspecified atom stereocenters. The third kappa shape index (κ3) is 5.87. The van der Waals surface area contributed by atoms with Crippen molar-refractivity contribution in [2.75, 3.05) is 50.7 Å². The molecule has 0 saturated carbocycles. The van der Waals surface area contributed by atoms with E-state index in [2.05, 4.69) is 87.4 Å². The number of rotatable bonds is 9. The molecule has 0 spiro atoms. The van der Waals surface area contributed by atoms with Crippen LogP contribution in [0.4, 0.5) is 5.69 Å². The highest BCUT2D eigenvalue weighted by Gasteiger charge is 2.18. The molecule has 0 radical (unpaired) electrons. The standard InChI is InChI=1S/C29H33ClN4O/c1-2-32(14-7-15-33-16-18-34(19-17-33)25-11-6-10-24(30)20-25)22-26-21-29(31-35-26)28-13-5-9-23-8-3-4-12-27(23)28/h3-6,8-13,20-21H,2,7,14-19,22H2,1H3. The van der Waals surface area contributed by atoms with Crippen molar-refractivity contribution in [3.05, 3.63) is 83.6 Å². The summed E-state index contributed by atoms with van der Waals surface area (Å²) in [6.07, 6.45) is 1.15. The van der Waals surface area contributed by atoms with Crippen LogP contribution in [0.1, 0.15) is 19.1 Å². The van der Waals surface area contributed by atoms with Crippen molar-refractivity contribution >= 4 is 28.1 Å². The predicted molar refractivity (Wildman–Crippen MR) is 145 cm³/mol. The van der Waals surface area contributed by atoms with Gasteiger partial charge >= 0.3 is 0 Å². The second-order valence-corrected chi connectivity index (χ2v) is 9.67. The molecule has 3 aromatic carbocycles. The van der Waals surface area contributed by atoms with Crippen LogP contribution in [0.2, 0.25) is 5.02 Å². The summed E-state index contributed by atoms with van der Waals surface area (Å²) in [7, 11) is 0. The van der Waals surface area contributed by atoms with Crippen molar-refractivity contribution in [2.24, 2.45) is 0 Å². The molecular formula is C29H33ClN4O. The summed E-state index contributed by atoms with van der Waals surface area (Å²) in [6.45, 7) is 10.5. The van der Waals surface area contributed by atoms with Crippen LogP contribution in [-0.2, 0) is 6.54 Å². The van der Waals surface area contributed by atoms with Crippen LogP contribution in [0.15, 0.2) is 77.3 Å². The Hall–Kier alpha value is -2.86. The summed E-state index contributed by atoms with van der Waals surface area (Å²) in [5.41, 5.74) is 3.26. The van der Waals surface area contributed by atoms with E-state index in [0.29, 0.717) is 0 Å². The highest BCUT2D eigenvalue weighted by Crippen LogP contribution is 2.28. The quantitative estimate of drug-likeness (QED) is 0.281. The molecule has 0 N–H and O–H groups in total. The van der Waals surface area contributed by atoms with Crippen molar-refractivity contribution in [1.29, 1.82) is 0 Å². The average Bonchev–Trinajstić information content (AvgIpc) is 3.36. The van der Waals surface area contributed by atoms with Gasteiger partial charge in [0.15, 0.2) is 5.76 Å². The smallest absolute Gasteiger partial charge is 0.151 e. The molecule has 1 aliphatic rings. The van der Waals surface area contributed by atoms with E-state index < -0.39 is 0 Å². The lowest BCUT2D eigenvalue weighted by atomic mass is 10.0. The van der Waals surface area contributed by atoms with Crippen molar-refractivity contribution < 1.29 is 4.52 Å². The number of anilines is 1. The van der Waals surface area contributed by atoms with Gasteiger partial charge in [0.25, 0.3) is 0 Å². The Bertz CT molecular complexity index is 1240. The van der Waals surface area contributed by atoms with Gasteiger partial charge in [-0.15, -0.1) is 0 Å². The van der Waals surface area contributed by atoms with Crippen LogP contribution < -0.4 is 4.90 Å². The largest absolute Gasteiger partial charge is 0.369 e. The Morgan fingerprint density at radius 3 is 2.57 bits per heavy atom. The van der Waals surface area contributed by atoms with Crippen LogP contribution in [0.5, 0.6) is 0 Å². The normalized spacial score (nSPS) is 14.8. The Balaban J connectivity index is 1.11. The average molecular weight is 489 g/mol. The topological polar surface area (TPSA) is 35.8 Å². The highest BCUT2D eigenvalue weighted by molar-refractivity contribution is 6.30. The lowest BCUT2D eigenvalue weighted by molar-refractivity contribution is 0.206. The molecule has 4 aromatic rings. The number of hydrogen-bond acceptors (Lipinski definition) is 5. The van der Waals surface area contributed by atoms with Crippen molar-refractivity contribution in [1.82, 2.24) is 15.0 Å². The van der Waals surface area contributed by atoms with Gasteiger partial charge in [0.2, 0.25) is 0 Å². The van der Waals surface area contributed by atoms with Crippen LogP contribution in [0.25, 0.3) is 22.0 Å². The number of halogens is 1. The van der Waals surface area contributed by atoms with E-state index in [1.807, 2.05) is 12.1 Å². The number of hydrogen-bond donors (Lipinski definition) is 0. The van der Waals surface area contributed by atoms with E-state index in [0.717, 1.165) is 80.8 Å². The Morgan fingerprint density at radius 2 is 1.74 bits per heavy atom. The van der Waals surface area contributed by atoms with Gasteiger partial charge in [0, 0.05) is 48.5 Å². The fourth-order valence-electron chi connectivity index (χ4n) is 4.95. The van der Waals surface area contributed by atoms with Gasteiger partial charge < -0.3 is 9.42 Å². The lowest BCUT2D eigenvalue weighted by Gasteiger charge is -2.36. The zero-order chi connectivity index (χ0) is 24.0. The molecule has 35 heavy (non-hydrogen) atoms. The third-order valence-electron chi connectivity index (χ3n) is 6.95. The van der Waals surface area contributed by atoms with Crippen molar-refractivity contribution in [2.45, 2.75) is 19.9 Å². The molecule has 1 aromatic heterocycles. The maximum absolute atomic E-state index is 6.17. The van der Waals surface area contributed by atoms with E-state index in [1.54, 1.807) is 0 Å². The fraction of sp³-hybridized carbons (Fsp3) is 0.345. The SMILES string of the molecule is CCN(CCCN1CCN(c2cccc(Cl)c2)CC1)Cc1cc(-c2cccc3ccccc23)no1. The fourth-order valence-corrected chi connectivity index (χ4v) is 5.14. The Labute approximate surface area is 212 Å². The van der Waals surface area contributed by atoms with Gasteiger partial charge in [-0.3, -0.25) is 9.80 Å². The van der Waals surface area contributed by atoms with Gasteiger partial charge in [0.05, 0.1) is 6.54 Å². The molecule has 5 nitrogen and oxygen atoms in total. The molecule has 6 heteroatoms. The predicted octanol–water partition coefficient (Wildman–Crippen LogP) is 6.18. The first-order valence-electron chi connectivity index (χ1n) is 12.6. The lowest BCUT2D eigenvalue weighted by Crippen LogP contribution is -2.47. The Kier molecular flexibility index (Phi) is 7.67. The molecular weight excluding hydrogens is 456 g/mol. The van der Waals surface area contributed by atoms with Gasteiger partial charge in [-0.25, -0.2) is 0 Å². The second-order valence-electron chi connectivity index (χ2n) is 9.24. The van der Waals surface area contributed by atoms with Crippen molar-refractivity contribution in [3.8, 4) is 11.3 Å². The first-order valence-corrected chi connectivity index (χ1v) is 13.0. The summed E-state index contributed by atoms with van der Waals surface area (Å²) < 4.78 is 5.74. The monoisotopic (exact) mass is 488 g/mol. The zero-order valence-electron chi connectivity index (χ0n) is 20.4. The van der Waals surface area contributed by atoms with Crippen LogP contribution in [0.3, 0.4) is 0 Å². The molecule has 0 bridgehead atoms. The van der Waals surface area contributed by atoms with E-state index in [-0.39, 0.29) is 0 Å². The van der Waals surface area contributed by atoms with E-state index >= 15 is 0 Å². The minimum atomic E-state index is 0.789. The number of aromatic nitrogens is 1. The first kappa shape index (κ1) is 23.9. The molecule has 1 saturated heterocycles. The third-order valence-corrected chi connectivity index (χ3v) is 7.18. The summed E-state index contributed by atoms with van der Waals surface area (Å²) in [5.74, 6) is 0.921. The number of nitrogens with zero attached hydrogens (tertiary/aromatic N) is 4.